The summed E-state index contributed by atoms with van der Waals surface area (Å²) >= 11 is 1.72. The third-order valence-corrected chi connectivity index (χ3v) is 14.4. The van der Waals surface area contributed by atoms with E-state index < -0.39 is 23.5 Å². The van der Waals surface area contributed by atoms with E-state index in [0.29, 0.717) is 83.9 Å². The summed E-state index contributed by atoms with van der Waals surface area (Å²) in [6, 6.07) is 59.4. The molecule has 0 N–H and O–H groups in total. The second-order valence-corrected chi connectivity index (χ2v) is 19.1. The van der Waals surface area contributed by atoms with Crippen molar-refractivity contribution in [3.63, 3.8) is 0 Å². The highest BCUT2D eigenvalue weighted by Crippen LogP contribution is 2.45. The molecule has 0 amide bonds. The molecule has 0 spiro atoms. The number of alkyl halides is 6. The molecule has 3 aromatic heterocycles. The highest BCUT2D eigenvalue weighted by atomic mass is 32.1. The summed E-state index contributed by atoms with van der Waals surface area (Å²) in [6.45, 7) is 3.26. The van der Waals surface area contributed by atoms with E-state index in [1.54, 1.807) is 37.3 Å². The lowest BCUT2D eigenvalue weighted by molar-refractivity contribution is -0.138. The first-order valence-corrected chi connectivity index (χ1v) is 23.9. The van der Waals surface area contributed by atoms with Crippen LogP contribution in [-0.2, 0) is 12.4 Å². The van der Waals surface area contributed by atoms with Crippen molar-refractivity contribution < 1.29 is 26.3 Å². The molecule has 0 saturated carbocycles. The average molecular weight is 973 g/mol. The largest absolute Gasteiger partial charge is 0.416 e. The predicted octanol–water partition coefficient (Wildman–Crippen LogP) is 18.0. The van der Waals surface area contributed by atoms with Gasteiger partial charge in [-0.1, -0.05) is 127 Å². The van der Waals surface area contributed by atoms with E-state index >= 15 is 0 Å². The van der Waals surface area contributed by atoms with E-state index in [9.17, 15) is 26.3 Å². The van der Waals surface area contributed by atoms with Crippen molar-refractivity contribution in [1.29, 1.82) is 0 Å². The van der Waals surface area contributed by atoms with Gasteiger partial charge in [-0.25, -0.2) is 15.0 Å². The van der Waals surface area contributed by atoms with Crippen molar-refractivity contribution in [2.45, 2.75) is 26.2 Å². The van der Waals surface area contributed by atoms with E-state index in [4.69, 9.17) is 15.0 Å². The number of benzene rings is 9. The van der Waals surface area contributed by atoms with Gasteiger partial charge in [0.1, 0.15) is 0 Å². The Morgan fingerprint density at radius 3 is 1.43 bits per heavy atom. The lowest BCUT2D eigenvalue weighted by Crippen LogP contribution is -2.05. The Hall–Kier alpha value is -8.41. The average Bonchev–Trinajstić information content (AvgIpc) is 3.93. The van der Waals surface area contributed by atoms with Crippen LogP contribution in [0.25, 0.3) is 115 Å². The summed E-state index contributed by atoms with van der Waals surface area (Å²) in [5.74, 6) is 1.32. The van der Waals surface area contributed by atoms with E-state index in [1.165, 1.54) is 10.1 Å². The number of nitrogens with zero attached hydrogens (tertiary/aromatic N) is 4. The van der Waals surface area contributed by atoms with Gasteiger partial charge in [-0.15, -0.1) is 11.3 Å². The van der Waals surface area contributed by atoms with Gasteiger partial charge in [0.2, 0.25) is 0 Å². The number of hydrogen-bond acceptors (Lipinski definition) is 4. The number of aryl methyl sites for hydroxylation is 2. The fourth-order valence-electron chi connectivity index (χ4n) is 9.85. The van der Waals surface area contributed by atoms with Crippen molar-refractivity contribution in [3.05, 3.63) is 216 Å². The zero-order valence-corrected chi connectivity index (χ0v) is 39.3. The molecule has 0 unspecified atom stereocenters. The van der Waals surface area contributed by atoms with Gasteiger partial charge < -0.3 is 4.57 Å². The summed E-state index contributed by atoms with van der Waals surface area (Å²) in [7, 11) is 0. The van der Waals surface area contributed by atoms with Gasteiger partial charge in [-0.3, -0.25) is 0 Å². The van der Waals surface area contributed by atoms with E-state index in [-0.39, 0.29) is 0 Å². The van der Waals surface area contributed by atoms with Crippen molar-refractivity contribution in [2.75, 3.05) is 0 Å². The monoisotopic (exact) mass is 972 g/mol. The minimum atomic E-state index is -4.57. The van der Waals surface area contributed by atoms with Crippen LogP contribution in [0.5, 0.6) is 0 Å². The molecule has 0 radical (unpaired) electrons. The van der Waals surface area contributed by atoms with E-state index in [2.05, 4.69) is 47.0 Å². The zero-order chi connectivity index (χ0) is 49.5. The summed E-state index contributed by atoms with van der Waals surface area (Å²) in [6.07, 6.45) is -9.14. The van der Waals surface area contributed by atoms with Crippen LogP contribution >= 0.6 is 11.3 Å². The quantitative estimate of drug-likeness (QED) is 0.150. The number of hydrogen-bond donors (Lipinski definition) is 0. The molecule has 11 heteroatoms. The van der Waals surface area contributed by atoms with E-state index in [1.807, 2.05) is 115 Å². The zero-order valence-electron chi connectivity index (χ0n) is 38.4. The van der Waals surface area contributed by atoms with E-state index in [0.717, 1.165) is 56.6 Å². The topological polar surface area (TPSA) is 43.6 Å². The third-order valence-electron chi connectivity index (χ3n) is 13.1. The second-order valence-electron chi connectivity index (χ2n) is 18.0. The maximum absolute atomic E-state index is 14.2. The van der Waals surface area contributed by atoms with Crippen molar-refractivity contribution >= 4 is 53.3 Å². The highest BCUT2D eigenvalue weighted by molar-refractivity contribution is 7.26. The van der Waals surface area contributed by atoms with Crippen LogP contribution in [-0.4, -0.2) is 19.5 Å². The van der Waals surface area contributed by atoms with Gasteiger partial charge in [0.05, 0.1) is 27.8 Å². The molecule has 0 atom stereocenters. The Labute approximate surface area is 413 Å². The number of rotatable bonds is 7. The number of fused-ring (bicyclic) bond motifs is 6. The first-order valence-electron chi connectivity index (χ1n) is 23.1. The Balaban J connectivity index is 1.16. The van der Waals surface area contributed by atoms with Crippen LogP contribution in [0.4, 0.5) is 26.3 Å². The Morgan fingerprint density at radius 2 is 0.875 bits per heavy atom. The maximum Gasteiger partial charge on any atom is 0.416 e. The van der Waals surface area contributed by atoms with Gasteiger partial charge in [-0.05, 0) is 125 Å². The lowest BCUT2D eigenvalue weighted by Gasteiger charge is -2.17. The number of aromatic nitrogens is 4. The Kier molecular flexibility index (Phi) is 10.7. The van der Waals surface area contributed by atoms with Gasteiger partial charge >= 0.3 is 12.4 Å². The molecule has 12 aromatic rings. The lowest BCUT2D eigenvalue weighted by atomic mass is 9.96. The van der Waals surface area contributed by atoms with Crippen LogP contribution in [0.1, 0.15) is 22.3 Å². The highest BCUT2D eigenvalue weighted by Gasteiger charge is 2.32. The fourth-order valence-corrected chi connectivity index (χ4v) is 11.1. The minimum absolute atomic E-state index is 0.377. The number of thiophene rings is 1. The first kappa shape index (κ1) is 44.8. The van der Waals surface area contributed by atoms with Crippen LogP contribution in [0, 0.1) is 13.8 Å². The summed E-state index contributed by atoms with van der Waals surface area (Å²) in [5.41, 5.74) is 7.48. The second kappa shape index (κ2) is 17.2. The normalized spacial score (nSPS) is 12.2. The van der Waals surface area contributed by atoms with Crippen LogP contribution in [0.2, 0.25) is 0 Å². The third kappa shape index (κ3) is 8.05. The van der Waals surface area contributed by atoms with Crippen LogP contribution in [0.15, 0.2) is 194 Å². The van der Waals surface area contributed by atoms with Crippen LogP contribution < -0.4 is 0 Å². The maximum atomic E-state index is 14.2. The van der Waals surface area contributed by atoms with Gasteiger partial charge in [0.25, 0.3) is 0 Å². The molecule has 0 saturated heterocycles. The molecule has 0 aliphatic rings. The molecule has 0 fully saturated rings. The van der Waals surface area contributed by atoms with Gasteiger partial charge in [0, 0.05) is 47.6 Å². The predicted molar refractivity (Wildman–Crippen MR) is 279 cm³/mol. The molecule has 9 aromatic carbocycles. The SMILES string of the molecule is Cc1cc(-c2ccc3c(c2)c2cc(-c4cc(C)cc(C(F)(F)F)c4)ccc2n3-c2ccc(-c3cccc4c3sc3ccccc34)cc2-c2nc(-c3ccccc3)nc(-c3ccccc3)n2)cc(C(F)(F)F)c1. The molecular weight excluding hydrogens is 935 g/mol. The fraction of sp³-hybridized carbons (Fsp3) is 0.0656. The molecule has 3 heterocycles. The molecule has 350 valence electrons. The number of halogens is 6. The molecule has 72 heavy (non-hydrogen) atoms. The molecule has 4 nitrogen and oxygen atoms in total. The standard InChI is InChI=1S/C61H38F6N4S/c1-35-26-42(30-44(28-35)60(62,63)64)39-20-23-52-49(32-39)50-33-40(43-27-36(2)29-45(31-43)61(65,66)67)21-24-53(50)71(52)54-25-22-41(46-17-11-18-48-47-16-9-10-19-55(47)72-56(46)48)34-51(54)59-69-57(37-12-5-3-6-13-37)68-58(70-59)38-14-7-4-8-15-38/h3-34H,1-2H3. The van der Waals surface area contributed by atoms with Gasteiger partial charge in [-0.2, -0.15) is 26.3 Å². The molecule has 0 bridgehead atoms. The Morgan fingerprint density at radius 1 is 0.375 bits per heavy atom. The van der Waals surface area contributed by atoms with Crippen molar-refractivity contribution in [2.24, 2.45) is 0 Å². The summed E-state index contributed by atoms with van der Waals surface area (Å²) in [4.78, 5) is 15.5. The molecule has 0 aliphatic heterocycles. The Bertz CT molecular complexity index is 3920. The first-order chi connectivity index (χ1) is 34.7. The van der Waals surface area contributed by atoms with Crippen LogP contribution in [0.3, 0.4) is 0 Å². The minimum Gasteiger partial charge on any atom is -0.308 e. The molecule has 0 aliphatic carbocycles. The smallest absolute Gasteiger partial charge is 0.308 e. The van der Waals surface area contributed by atoms with Crippen molar-refractivity contribution in [1.82, 2.24) is 19.5 Å². The van der Waals surface area contributed by atoms with Crippen molar-refractivity contribution in [3.8, 4) is 73.2 Å². The van der Waals surface area contributed by atoms with Gasteiger partial charge in [0.15, 0.2) is 17.5 Å². The summed E-state index contributed by atoms with van der Waals surface area (Å²) in [5, 5.41) is 3.66. The summed E-state index contributed by atoms with van der Waals surface area (Å²) < 4.78 is 89.9. The molecular formula is C61H38F6N4S. The molecule has 12 rings (SSSR count).